The van der Waals surface area contributed by atoms with Gasteiger partial charge in [-0.3, -0.25) is 13.9 Å². The summed E-state index contributed by atoms with van der Waals surface area (Å²) in [6, 6.07) is 0. The lowest BCUT2D eigenvalue weighted by molar-refractivity contribution is -0.389. The van der Waals surface area contributed by atoms with E-state index in [1.165, 1.54) is 6.92 Å². The third-order valence-electron chi connectivity index (χ3n) is 21.0. The first-order valence-corrected chi connectivity index (χ1v) is 31.9. The van der Waals surface area contributed by atoms with E-state index in [0.29, 0.717) is 38.0 Å². The molecule has 8 fully saturated rings. The number of carbonyl (C=O) groups excluding carboxylic acids is 1. The maximum absolute atomic E-state index is 14.5. The second-order valence-corrected chi connectivity index (χ2v) is 28.7. The van der Waals surface area contributed by atoms with Gasteiger partial charge in [0, 0.05) is 12.5 Å². The SMILES string of the molecule is CO[C@@H]1[C@@H](O)[C@H](O[C@@H]2[C@@H](O)[C@H](O[C@H]3[C@H](O)[C@@H](O)[C@H](O[C@H]4[C@H](O[C@H]5CC[C@]6(C)[C@@H]7C[C@H](O)[C@]89C(=O)O[C@@](C)(CCCC(C)C)[C@@]8(O)CC[C@@]9(C)C7=CC[C@H]6C5(C)C)OC[C@@H](OS(=O)(=O)O)[C@@H]4O)O[C@@H]3C)O[C@H](COS(=O)(=O)O)[C@H]2O)O[C@H](CO)[C@H]1O. The summed E-state index contributed by atoms with van der Waals surface area (Å²) < 4.78 is 135. The van der Waals surface area contributed by atoms with Crippen molar-refractivity contribution >= 4 is 26.8 Å². The molecule has 0 bridgehead atoms. The molecule has 31 heteroatoms. The molecule has 5 heterocycles. The Bertz CT molecular complexity index is 2650. The zero-order chi connectivity index (χ0) is 62.7. The predicted molar refractivity (Wildman–Crippen MR) is 284 cm³/mol. The molecule has 1 spiro atoms. The van der Waals surface area contributed by atoms with E-state index in [1.54, 1.807) is 6.92 Å². The largest absolute Gasteiger partial charge is 0.456 e. The minimum Gasteiger partial charge on any atom is -0.456 e. The fraction of sp³-hybridized carbons (Fsp3) is 0.944. The van der Waals surface area contributed by atoms with Crippen molar-refractivity contribution in [3.8, 4) is 0 Å². The second kappa shape index (κ2) is 24.3. The topological polar surface area (TPSA) is 439 Å². The Morgan fingerprint density at radius 2 is 1.33 bits per heavy atom. The lowest BCUT2D eigenvalue weighted by atomic mass is 9.39. The zero-order valence-corrected chi connectivity index (χ0v) is 50.7. The highest BCUT2D eigenvalue weighted by molar-refractivity contribution is 7.81. The van der Waals surface area contributed by atoms with Crippen molar-refractivity contribution < 1.29 is 138 Å². The molecular formula is C54H88O29S2. The predicted octanol–water partition coefficient (Wildman–Crippen LogP) is -1.57. The van der Waals surface area contributed by atoms with Crippen LogP contribution in [-0.4, -0.2) is 250 Å². The average Bonchev–Trinajstić information content (AvgIpc) is 1.58. The molecular weight excluding hydrogens is 1180 g/mol. The van der Waals surface area contributed by atoms with Crippen molar-refractivity contribution in [2.24, 2.45) is 39.4 Å². The molecule has 12 N–H and O–H groups in total. The number of aliphatic hydroxyl groups is 10. The van der Waals surface area contributed by atoms with Crippen molar-refractivity contribution in [1.82, 2.24) is 0 Å². The maximum atomic E-state index is 14.5. The highest BCUT2D eigenvalue weighted by atomic mass is 32.3. The number of esters is 1. The van der Waals surface area contributed by atoms with Crippen LogP contribution in [0, 0.1) is 39.4 Å². The van der Waals surface area contributed by atoms with Crippen LogP contribution in [0.1, 0.15) is 113 Å². The van der Waals surface area contributed by atoms with E-state index in [-0.39, 0.29) is 24.7 Å². The number of rotatable bonds is 19. The van der Waals surface area contributed by atoms with Gasteiger partial charge in [-0.15, -0.1) is 0 Å². The molecule has 0 aromatic rings. The first-order valence-electron chi connectivity index (χ1n) is 29.2. The first-order chi connectivity index (χ1) is 39.4. The van der Waals surface area contributed by atoms with Gasteiger partial charge in [0.15, 0.2) is 25.2 Å². The summed E-state index contributed by atoms with van der Waals surface area (Å²) in [5.41, 5.74) is -5.59. The van der Waals surface area contributed by atoms with Crippen LogP contribution in [0.5, 0.6) is 0 Å². The molecule has 0 aromatic heterocycles. The summed E-state index contributed by atoms with van der Waals surface area (Å²) >= 11 is 0. The minimum absolute atomic E-state index is 0.153. The first kappa shape index (κ1) is 67.6. The van der Waals surface area contributed by atoms with Crippen LogP contribution in [0.3, 0.4) is 0 Å². The van der Waals surface area contributed by atoms with Crippen molar-refractivity contribution in [2.45, 2.75) is 253 Å². The highest BCUT2D eigenvalue weighted by Gasteiger charge is 2.86. The van der Waals surface area contributed by atoms with Crippen molar-refractivity contribution in [3.63, 3.8) is 0 Å². The molecule has 490 valence electrons. The molecule has 28 atom stereocenters. The van der Waals surface area contributed by atoms with E-state index in [2.05, 4.69) is 31.0 Å². The number of cyclic esters (lactones) is 1. The zero-order valence-electron chi connectivity index (χ0n) is 49.0. The van der Waals surface area contributed by atoms with Gasteiger partial charge >= 0.3 is 26.8 Å². The molecule has 0 amide bonds. The fourth-order valence-electron chi connectivity index (χ4n) is 16.5. The lowest BCUT2D eigenvalue weighted by Crippen LogP contribution is -2.68. The summed E-state index contributed by atoms with van der Waals surface area (Å²) in [5.74, 6) is -0.552. The van der Waals surface area contributed by atoms with Gasteiger partial charge in [0.25, 0.3) is 0 Å². The maximum Gasteiger partial charge on any atom is 0.397 e. The quantitative estimate of drug-likeness (QED) is 0.0395. The van der Waals surface area contributed by atoms with Gasteiger partial charge in [0.1, 0.15) is 102 Å². The molecule has 29 nitrogen and oxygen atoms in total. The number of carbonyl (C=O) groups is 1. The summed E-state index contributed by atoms with van der Waals surface area (Å²) in [6.45, 7) is 12.9. The lowest BCUT2D eigenvalue weighted by Gasteiger charge is -2.65. The van der Waals surface area contributed by atoms with Crippen molar-refractivity contribution in [3.05, 3.63) is 11.6 Å². The number of fused-ring (bicyclic) bond motifs is 4. The monoisotopic (exact) mass is 1260 g/mol. The van der Waals surface area contributed by atoms with Crippen LogP contribution in [0.2, 0.25) is 0 Å². The number of ether oxygens (including phenoxy) is 10. The molecule has 3 saturated carbocycles. The number of methoxy groups -OCH3 is 1. The normalized spacial score (nSPS) is 50.0. The summed E-state index contributed by atoms with van der Waals surface area (Å²) in [5, 5.41) is 115. The molecule has 4 aliphatic carbocycles. The number of allylic oxidation sites excluding steroid dienone is 2. The van der Waals surface area contributed by atoms with Crippen LogP contribution < -0.4 is 0 Å². The Morgan fingerprint density at radius 1 is 0.718 bits per heavy atom. The average molecular weight is 1270 g/mol. The van der Waals surface area contributed by atoms with Gasteiger partial charge < -0.3 is 98.4 Å². The molecule has 0 unspecified atom stereocenters. The third-order valence-corrected chi connectivity index (χ3v) is 21.9. The number of hydrogen-bond acceptors (Lipinski definition) is 27. The van der Waals surface area contributed by atoms with E-state index in [0.717, 1.165) is 25.5 Å². The van der Waals surface area contributed by atoms with E-state index < -0.39 is 208 Å². The molecule has 5 aliphatic heterocycles. The van der Waals surface area contributed by atoms with E-state index in [1.807, 2.05) is 20.8 Å². The molecule has 0 radical (unpaired) electrons. The second-order valence-electron chi connectivity index (χ2n) is 26.5. The summed E-state index contributed by atoms with van der Waals surface area (Å²) in [7, 11) is -9.29. The van der Waals surface area contributed by atoms with E-state index in [4.69, 9.17) is 51.6 Å². The van der Waals surface area contributed by atoms with Crippen molar-refractivity contribution in [1.29, 1.82) is 0 Å². The van der Waals surface area contributed by atoms with E-state index >= 15 is 0 Å². The minimum atomic E-state index is -5.23. The Labute approximate surface area is 493 Å². The molecule has 85 heavy (non-hydrogen) atoms. The highest BCUT2D eigenvalue weighted by Crippen LogP contribution is 2.77. The Balaban J connectivity index is 0.924. The molecule has 0 aromatic carbocycles. The third kappa shape index (κ3) is 11.6. The summed E-state index contributed by atoms with van der Waals surface area (Å²) in [4.78, 5) is 14.5. The Morgan fingerprint density at radius 3 is 1.95 bits per heavy atom. The van der Waals surface area contributed by atoms with Gasteiger partial charge in [0.05, 0.1) is 38.1 Å². The Kier molecular flexibility index (Phi) is 19.4. The fourth-order valence-corrected chi connectivity index (χ4v) is 17.3. The van der Waals surface area contributed by atoms with Gasteiger partial charge in [-0.1, -0.05) is 59.6 Å². The van der Waals surface area contributed by atoms with Crippen molar-refractivity contribution in [2.75, 3.05) is 26.9 Å². The van der Waals surface area contributed by atoms with Crippen LogP contribution in [0.15, 0.2) is 11.6 Å². The number of hydrogen-bond donors (Lipinski definition) is 12. The van der Waals surface area contributed by atoms with Gasteiger partial charge in [-0.25, -0.2) is 8.37 Å². The van der Waals surface area contributed by atoms with Gasteiger partial charge in [0.2, 0.25) is 0 Å². The van der Waals surface area contributed by atoms with Crippen LogP contribution >= 0.6 is 0 Å². The summed E-state index contributed by atoms with van der Waals surface area (Å²) in [6.07, 6.45) is -30.1. The van der Waals surface area contributed by atoms with Gasteiger partial charge in [-0.05, 0) is 93.8 Å². The van der Waals surface area contributed by atoms with Gasteiger partial charge in [-0.2, -0.15) is 16.8 Å². The van der Waals surface area contributed by atoms with Crippen LogP contribution in [0.25, 0.3) is 0 Å². The smallest absolute Gasteiger partial charge is 0.397 e. The molecule has 9 aliphatic rings. The van der Waals surface area contributed by atoms with Crippen LogP contribution in [0.4, 0.5) is 0 Å². The van der Waals surface area contributed by atoms with E-state index in [9.17, 15) is 81.8 Å². The standard InChI is InChI=1S/C54H88O29S2/c1-23(2)11-10-15-52(8)53(65)18-17-51(7)25-12-13-30-49(4,5)32(14-16-50(30,6)26(25)19-31(56)54(51,53)48(64)82-52)78-47-43(35(59)29(21-73-47)83-85(69,70)71)81-44-37(61)36(60)40(24(3)75-44)79-46-39(63)42(34(58)28(77-46)22-74-84(66,67)68)80-45-38(62)41(72-9)33(57)27(20-55)76-45/h12,23-24,26-47,55-63,65H,10-11,13-22H2,1-9H3,(H,66,67,68)(H,69,70,71)/t24-,26-,27-,28-,29-,30+,31+,32+,33-,34-,35+,36-,37-,38-,39-,40-,41+,42+,43-,44+,45+,46+,47+,50-,51+,52+,53+,54-/m1/s1. The number of aliphatic hydroxyl groups excluding tert-OH is 9. The Hall–Kier alpha value is -1.81. The van der Waals surface area contributed by atoms with Crippen LogP contribution in [-0.2, 0) is 81.3 Å². The molecule has 9 rings (SSSR count). The molecule has 5 saturated heterocycles.